The molecule has 0 saturated carbocycles. The van der Waals surface area contributed by atoms with Gasteiger partial charge in [-0.25, -0.2) is 0 Å². The molecule has 0 amide bonds. The fourth-order valence-electron chi connectivity index (χ4n) is 3.08. The van der Waals surface area contributed by atoms with Crippen molar-refractivity contribution in [2.45, 2.75) is 52.0 Å². The van der Waals surface area contributed by atoms with Gasteiger partial charge in [-0.15, -0.1) is 0 Å². The van der Waals surface area contributed by atoms with E-state index in [2.05, 4.69) is 49.9 Å². The van der Waals surface area contributed by atoms with Gasteiger partial charge in [-0.2, -0.15) is 0 Å². The molecule has 1 heterocycles. The van der Waals surface area contributed by atoms with Gasteiger partial charge in [0.05, 0.1) is 0 Å². The van der Waals surface area contributed by atoms with E-state index in [1.807, 2.05) is 0 Å². The number of carboxylic acid groups (broad SMARTS) is 1. The molecule has 0 spiro atoms. The van der Waals surface area contributed by atoms with Crippen LogP contribution < -0.4 is 0 Å². The van der Waals surface area contributed by atoms with Crippen molar-refractivity contribution in [3.8, 4) is 0 Å². The third-order valence-corrected chi connectivity index (χ3v) is 4.29. The molecule has 1 aromatic rings. The van der Waals surface area contributed by atoms with E-state index in [4.69, 9.17) is 5.11 Å². The minimum Gasteiger partial charge on any atom is -0.481 e. The molecule has 2 rings (SSSR count). The molecule has 1 saturated heterocycles. The SMILES string of the molecule is CC(C)(C)c1ccc(CN2CCCC(CC(=O)O)C2)cc1. The maximum absolute atomic E-state index is 10.8. The largest absolute Gasteiger partial charge is 0.481 e. The molecular weight excluding hydrogens is 262 g/mol. The number of aliphatic carboxylic acids is 1. The summed E-state index contributed by atoms with van der Waals surface area (Å²) in [5.74, 6) is -0.360. The van der Waals surface area contributed by atoms with Gasteiger partial charge in [0.1, 0.15) is 0 Å². The van der Waals surface area contributed by atoms with Crippen LogP contribution in [0.4, 0.5) is 0 Å². The van der Waals surface area contributed by atoms with Gasteiger partial charge in [-0.3, -0.25) is 9.69 Å². The Labute approximate surface area is 128 Å². The summed E-state index contributed by atoms with van der Waals surface area (Å²) in [5.41, 5.74) is 2.86. The van der Waals surface area contributed by atoms with Crippen molar-refractivity contribution in [1.82, 2.24) is 4.90 Å². The fourth-order valence-corrected chi connectivity index (χ4v) is 3.08. The van der Waals surface area contributed by atoms with Gasteiger partial charge in [0, 0.05) is 19.5 Å². The quantitative estimate of drug-likeness (QED) is 0.919. The number of likely N-dealkylation sites (tertiary alicyclic amines) is 1. The minimum atomic E-state index is -0.670. The average Bonchev–Trinajstić information content (AvgIpc) is 2.38. The van der Waals surface area contributed by atoms with Crippen LogP contribution in [-0.2, 0) is 16.8 Å². The lowest BCUT2D eigenvalue weighted by Gasteiger charge is -2.32. The predicted molar refractivity (Wildman–Crippen MR) is 85.4 cm³/mol. The van der Waals surface area contributed by atoms with E-state index in [0.29, 0.717) is 12.3 Å². The Kier molecular flexibility index (Phi) is 5.04. The molecule has 1 unspecified atom stereocenters. The van der Waals surface area contributed by atoms with Gasteiger partial charge in [-0.05, 0) is 41.8 Å². The number of benzene rings is 1. The summed E-state index contributed by atoms with van der Waals surface area (Å²) in [5, 5.41) is 8.93. The van der Waals surface area contributed by atoms with Crippen LogP contribution in [0.25, 0.3) is 0 Å². The highest BCUT2D eigenvalue weighted by Gasteiger charge is 2.22. The first-order chi connectivity index (χ1) is 9.84. The van der Waals surface area contributed by atoms with E-state index in [1.54, 1.807) is 0 Å². The molecule has 1 N–H and O–H groups in total. The minimum absolute atomic E-state index is 0.191. The van der Waals surface area contributed by atoms with E-state index in [0.717, 1.165) is 32.5 Å². The summed E-state index contributed by atoms with van der Waals surface area (Å²) >= 11 is 0. The van der Waals surface area contributed by atoms with Crippen LogP contribution in [0.3, 0.4) is 0 Å². The first-order valence-electron chi connectivity index (χ1n) is 7.88. The van der Waals surface area contributed by atoms with Crippen LogP contribution in [0.2, 0.25) is 0 Å². The molecule has 1 aliphatic heterocycles. The van der Waals surface area contributed by atoms with Crippen molar-refractivity contribution in [1.29, 1.82) is 0 Å². The van der Waals surface area contributed by atoms with Gasteiger partial charge in [-0.1, -0.05) is 45.0 Å². The van der Waals surface area contributed by atoms with E-state index >= 15 is 0 Å². The molecule has 1 aromatic carbocycles. The summed E-state index contributed by atoms with van der Waals surface area (Å²) in [4.78, 5) is 13.2. The molecule has 116 valence electrons. The number of hydrogen-bond acceptors (Lipinski definition) is 2. The van der Waals surface area contributed by atoms with Gasteiger partial charge >= 0.3 is 5.97 Å². The lowest BCUT2D eigenvalue weighted by Crippen LogP contribution is -2.35. The molecule has 3 heteroatoms. The standard InChI is InChI=1S/C18H27NO2/c1-18(2,3)16-8-6-14(7-9-16)12-19-10-4-5-15(13-19)11-17(20)21/h6-9,15H,4-5,10-13H2,1-3H3,(H,20,21). The number of nitrogens with zero attached hydrogens (tertiary/aromatic N) is 1. The predicted octanol–water partition coefficient (Wildman–Crippen LogP) is 3.67. The number of rotatable bonds is 4. The molecule has 0 bridgehead atoms. The number of carboxylic acids is 1. The Morgan fingerprint density at radius 2 is 1.95 bits per heavy atom. The normalized spacial score (nSPS) is 20.4. The zero-order chi connectivity index (χ0) is 15.5. The summed E-state index contributed by atoms with van der Waals surface area (Å²) < 4.78 is 0. The van der Waals surface area contributed by atoms with Crippen molar-refractivity contribution in [2.75, 3.05) is 13.1 Å². The second-order valence-electron chi connectivity index (χ2n) is 7.29. The van der Waals surface area contributed by atoms with Gasteiger partial charge in [0.2, 0.25) is 0 Å². The molecular formula is C18H27NO2. The Morgan fingerprint density at radius 1 is 1.29 bits per heavy atom. The van der Waals surface area contributed by atoms with E-state index in [1.165, 1.54) is 11.1 Å². The van der Waals surface area contributed by atoms with Crippen LogP contribution in [0, 0.1) is 5.92 Å². The highest BCUT2D eigenvalue weighted by molar-refractivity contribution is 5.67. The molecule has 21 heavy (non-hydrogen) atoms. The summed E-state index contributed by atoms with van der Waals surface area (Å²) in [6, 6.07) is 8.85. The average molecular weight is 289 g/mol. The molecule has 1 aliphatic rings. The first kappa shape index (κ1) is 16.0. The van der Waals surface area contributed by atoms with Crippen molar-refractivity contribution in [3.63, 3.8) is 0 Å². The lowest BCUT2D eigenvalue weighted by atomic mass is 9.86. The second kappa shape index (κ2) is 6.61. The van der Waals surface area contributed by atoms with Crippen LogP contribution in [-0.4, -0.2) is 29.1 Å². The van der Waals surface area contributed by atoms with E-state index < -0.39 is 5.97 Å². The maximum Gasteiger partial charge on any atom is 0.303 e. The van der Waals surface area contributed by atoms with Crippen LogP contribution in [0.15, 0.2) is 24.3 Å². The van der Waals surface area contributed by atoms with Gasteiger partial charge in [0.25, 0.3) is 0 Å². The zero-order valence-corrected chi connectivity index (χ0v) is 13.4. The van der Waals surface area contributed by atoms with Gasteiger partial charge < -0.3 is 5.11 Å². The Morgan fingerprint density at radius 3 is 2.52 bits per heavy atom. The second-order valence-corrected chi connectivity index (χ2v) is 7.29. The van der Waals surface area contributed by atoms with E-state index in [9.17, 15) is 4.79 Å². The molecule has 0 aliphatic carbocycles. The number of hydrogen-bond donors (Lipinski definition) is 1. The van der Waals surface area contributed by atoms with Crippen LogP contribution in [0.1, 0.15) is 51.2 Å². The summed E-state index contributed by atoms with van der Waals surface area (Å²) in [6.45, 7) is 9.60. The first-order valence-corrected chi connectivity index (χ1v) is 7.88. The Bertz CT molecular complexity index is 473. The van der Waals surface area contributed by atoms with Crippen molar-refractivity contribution >= 4 is 5.97 Å². The molecule has 3 nitrogen and oxygen atoms in total. The van der Waals surface area contributed by atoms with Crippen molar-refractivity contribution in [2.24, 2.45) is 5.92 Å². The van der Waals surface area contributed by atoms with Crippen LogP contribution in [0.5, 0.6) is 0 Å². The smallest absolute Gasteiger partial charge is 0.303 e. The summed E-state index contributed by atoms with van der Waals surface area (Å²) in [7, 11) is 0. The number of piperidine rings is 1. The topological polar surface area (TPSA) is 40.5 Å². The monoisotopic (exact) mass is 289 g/mol. The number of carbonyl (C=O) groups is 1. The zero-order valence-electron chi connectivity index (χ0n) is 13.4. The highest BCUT2D eigenvalue weighted by atomic mass is 16.4. The summed E-state index contributed by atoms with van der Waals surface area (Å²) in [6.07, 6.45) is 2.46. The maximum atomic E-state index is 10.8. The molecule has 1 fully saturated rings. The molecule has 0 radical (unpaired) electrons. The third-order valence-electron chi connectivity index (χ3n) is 4.29. The Hall–Kier alpha value is -1.35. The van der Waals surface area contributed by atoms with Crippen molar-refractivity contribution in [3.05, 3.63) is 35.4 Å². The molecule has 1 atom stereocenters. The van der Waals surface area contributed by atoms with Crippen LogP contribution >= 0.6 is 0 Å². The molecule has 0 aromatic heterocycles. The highest BCUT2D eigenvalue weighted by Crippen LogP contribution is 2.24. The fraction of sp³-hybridized carbons (Fsp3) is 0.611. The lowest BCUT2D eigenvalue weighted by molar-refractivity contribution is -0.138. The van der Waals surface area contributed by atoms with E-state index in [-0.39, 0.29) is 5.41 Å². The Balaban J connectivity index is 1.93. The van der Waals surface area contributed by atoms with Crippen molar-refractivity contribution < 1.29 is 9.90 Å². The third kappa shape index (κ3) is 4.85. The van der Waals surface area contributed by atoms with Gasteiger partial charge in [0.15, 0.2) is 0 Å².